The van der Waals surface area contributed by atoms with E-state index in [1.807, 2.05) is 18.2 Å². The maximum absolute atomic E-state index is 5.63. The molecule has 2 rings (SSSR count). The molecule has 2 aromatic rings. The zero-order valence-electron chi connectivity index (χ0n) is 11.6. The van der Waals surface area contributed by atoms with Gasteiger partial charge in [-0.3, -0.25) is 0 Å². The van der Waals surface area contributed by atoms with Crippen LogP contribution in [0.25, 0.3) is 11.3 Å². The Labute approximate surface area is 118 Å². The average molecular weight is 276 g/mol. The van der Waals surface area contributed by atoms with Crippen molar-refractivity contribution in [1.82, 2.24) is 4.98 Å². The second-order valence-electron chi connectivity index (χ2n) is 4.75. The van der Waals surface area contributed by atoms with Gasteiger partial charge in [0.1, 0.15) is 5.75 Å². The third kappa shape index (κ3) is 3.14. The molecule has 0 bridgehead atoms. The Morgan fingerprint density at radius 3 is 2.79 bits per heavy atom. The Bertz CT molecular complexity index is 549. The molecule has 0 atom stereocenters. The van der Waals surface area contributed by atoms with Crippen molar-refractivity contribution in [3.63, 3.8) is 0 Å². The zero-order chi connectivity index (χ0) is 13.8. The summed E-state index contributed by atoms with van der Waals surface area (Å²) in [6.45, 7) is 5.04. The van der Waals surface area contributed by atoms with Crippen LogP contribution in [0, 0.1) is 0 Å². The van der Waals surface area contributed by atoms with Crippen LogP contribution in [0.5, 0.6) is 5.75 Å². The summed E-state index contributed by atoms with van der Waals surface area (Å²) in [5.41, 5.74) is 7.81. The summed E-state index contributed by atoms with van der Waals surface area (Å²) in [6.07, 6.45) is 0.842. The van der Waals surface area contributed by atoms with Gasteiger partial charge in [-0.1, -0.05) is 26.0 Å². The number of ether oxygens (including phenoxy) is 1. The molecule has 102 valence electrons. The summed E-state index contributed by atoms with van der Waals surface area (Å²) >= 11 is 1.77. The molecule has 0 aliphatic carbocycles. The second kappa shape index (κ2) is 6.17. The van der Waals surface area contributed by atoms with Gasteiger partial charge in [-0.05, 0) is 24.6 Å². The van der Waals surface area contributed by atoms with E-state index in [9.17, 15) is 0 Å². The number of rotatable bonds is 5. The van der Waals surface area contributed by atoms with Gasteiger partial charge in [-0.15, -0.1) is 11.3 Å². The minimum absolute atomic E-state index is 0.463. The standard InChI is InChI=1S/C15H20N2OS/c1-10(2)15-14(17-13(19-15)7-8-16)11-5-4-6-12(9-11)18-3/h4-6,9-10H,7-8,16H2,1-3H3. The molecule has 3 nitrogen and oxygen atoms in total. The zero-order valence-corrected chi connectivity index (χ0v) is 12.5. The van der Waals surface area contributed by atoms with E-state index >= 15 is 0 Å². The Morgan fingerprint density at radius 2 is 2.16 bits per heavy atom. The lowest BCUT2D eigenvalue weighted by molar-refractivity contribution is 0.415. The van der Waals surface area contributed by atoms with Crippen molar-refractivity contribution in [1.29, 1.82) is 0 Å². The van der Waals surface area contributed by atoms with Crippen LogP contribution in [0.15, 0.2) is 24.3 Å². The van der Waals surface area contributed by atoms with Crippen LogP contribution in [-0.2, 0) is 6.42 Å². The molecule has 1 heterocycles. The summed E-state index contributed by atoms with van der Waals surface area (Å²) < 4.78 is 5.29. The van der Waals surface area contributed by atoms with Gasteiger partial charge in [0.15, 0.2) is 0 Å². The summed E-state index contributed by atoms with van der Waals surface area (Å²) in [4.78, 5) is 6.07. The van der Waals surface area contributed by atoms with Gasteiger partial charge in [0.25, 0.3) is 0 Å². The van der Waals surface area contributed by atoms with Crippen molar-refractivity contribution in [2.45, 2.75) is 26.2 Å². The maximum atomic E-state index is 5.63. The number of hydrogen-bond donors (Lipinski definition) is 1. The van der Waals surface area contributed by atoms with Crippen molar-refractivity contribution in [2.24, 2.45) is 5.73 Å². The van der Waals surface area contributed by atoms with Gasteiger partial charge in [-0.25, -0.2) is 4.98 Å². The fourth-order valence-electron chi connectivity index (χ4n) is 1.98. The number of nitrogens with two attached hydrogens (primary N) is 1. The van der Waals surface area contributed by atoms with Crippen LogP contribution in [0.2, 0.25) is 0 Å². The fourth-order valence-corrected chi connectivity index (χ4v) is 3.08. The smallest absolute Gasteiger partial charge is 0.119 e. The lowest BCUT2D eigenvalue weighted by Gasteiger charge is -2.06. The molecular weight excluding hydrogens is 256 g/mol. The van der Waals surface area contributed by atoms with Crippen LogP contribution < -0.4 is 10.5 Å². The largest absolute Gasteiger partial charge is 0.497 e. The van der Waals surface area contributed by atoms with Gasteiger partial charge in [0.2, 0.25) is 0 Å². The molecule has 0 amide bonds. The van der Waals surface area contributed by atoms with E-state index in [0.717, 1.165) is 28.4 Å². The molecule has 0 saturated carbocycles. The minimum atomic E-state index is 0.463. The molecule has 0 fully saturated rings. The Hall–Kier alpha value is -1.39. The Balaban J connectivity index is 2.46. The van der Waals surface area contributed by atoms with Gasteiger partial charge >= 0.3 is 0 Å². The average Bonchev–Trinajstić information content (AvgIpc) is 2.83. The molecule has 0 saturated heterocycles. The maximum Gasteiger partial charge on any atom is 0.119 e. The monoisotopic (exact) mass is 276 g/mol. The van der Waals surface area contributed by atoms with E-state index in [0.29, 0.717) is 12.5 Å². The van der Waals surface area contributed by atoms with E-state index in [-0.39, 0.29) is 0 Å². The van der Waals surface area contributed by atoms with E-state index in [4.69, 9.17) is 15.5 Å². The highest BCUT2D eigenvalue weighted by molar-refractivity contribution is 7.12. The summed E-state index contributed by atoms with van der Waals surface area (Å²) in [7, 11) is 1.68. The Morgan fingerprint density at radius 1 is 1.37 bits per heavy atom. The predicted octanol–water partition coefficient (Wildman–Crippen LogP) is 3.44. The lowest BCUT2D eigenvalue weighted by atomic mass is 10.1. The van der Waals surface area contributed by atoms with E-state index in [1.54, 1.807) is 18.4 Å². The van der Waals surface area contributed by atoms with Gasteiger partial charge in [0.05, 0.1) is 17.8 Å². The number of nitrogens with zero attached hydrogens (tertiary/aromatic N) is 1. The summed E-state index contributed by atoms with van der Waals surface area (Å²) in [6, 6.07) is 8.06. The molecule has 0 radical (unpaired) electrons. The molecule has 0 aliphatic rings. The normalized spacial score (nSPS) is 11.0. The molecular formula is C15H20N2OS. The highest BCUT2D eigenvalue weighted by Crippen LogP contribution is 2.35. The first-order valence-electron chi connectivity index (χ1n) is 6.49. The van der Waals surface area contributed by atoms with E-state index in [2.05, 4.69) is 19.9 Å². The quantitative estimate of drug-likeness (QED) is 0.910. The van der Waals surface area contributed by atoms with Gasteiger partial charge in [-0.2, -0.15) is 0 Å². The van der Waals surface area contributed by atoms with Crippen LogP contribution >= 0.6 is 11.3 Å². The number of aromatic nitrogens is 1. The first-order valence-corrected chi connectivity index (χ1v) is 7.31. The van der Waals surface area contributed by atoms with Gasteiger partial charge < -0.3 is 10.5 Å². The predicted molar refractivity (Wildman–Crippen MR) is 80.9 cm³/mol. The SMILES string of the molecule is COc1cccc(-c2nc(CCN)sc2C(C)C)c1. The molecule has 0 spiro atoms. The summed E-state index contributed by atoms with van der Waals surface area (Å²) in [5, 5.41) is 1.11. The third-order valence-corrected chi connectivity index (χ3v) is 4.34. The van der Waals surface area contributed by atoms with Crippen molar-refractivity contribution in [3.05, 3.63) is 34.2 Å². The van der Waals surface area contributed by atoms with Crippen LogP contribution in [0.1, 0.15) is 29.7 Å². The van der Waals surface area contributed by atoms with Crippen molar-refractivity contribution >= 4 is 11.3 Å². The van der Waals surface area contributed by atoms with Crippen LogP contribution in [0.3, 0.4) is 0 Å². The topological polar surface area (TPSA) is 48.1 Å². The van der Waals surface area contributed by atoms with Crippen LogP contribution in [0.4, 0.5) is 0 Å². The molecule has 19 heavy (non-hydrogen) atoms. The highest BCUT2D eigenvalue weighted by Gasteiger charge is 2.15. The molecule has 0 aliphatic heterocycles. The molecule has 0 unspecified atom stereocenters. The number of hydrogen-bond acceptors (Lipinski definition) is 4. The number of benzene rings is 1. The van der Waals surface area contributed by atoms with Crippen molar-refractivity contribution in [3.8, 4) is 17.0 Å². The van der Waals surface area contributed by atoms with E-state index < -0.39 is 0 Å². The molecule has 2 N–H and O–H groups in total. The summed E-state index contributed by atoms with van der Waals surface area (Å²) in [5.74, 6) is 1.32. The van der Waals surface area contributed by atoms with Crippen LogP contribution in [-0.4, -0.2) is 18.6 Å². The van der Waals surface area contributed by atoms with Crippen molar-refractivity contribution in [2.75, 3.05) is 13.7 Å². The second-order valence-corrected chi connectivity index (χ2v) is 5.86. The lowest BCUT2D eigenvalue weighted by Crippen LogP contribution is -2.01. The van der Waals surface area contributed by atoms with Gasteiger partial charge in [0, 0.05) is 16.9 Å². The highest BCUT2D eigenvalue weighted by atomic mass is 32.1. The number of methoxy groups -OCH3 is 1. The third-order valence-electron chi connectivity index (χ3n) is 2.92. The number of thiazole rings is 1. The molecule has 1 aromatic heterocycles. The molecule has 4 heteroatoms. The Kier molecular flexibility index (Phi) is 4.56. The van der Waals surface area contributed by atoms with Crippen molar-refractivity contribution < 1.29 is 4.74 Å². The van der Waals surface area contributed by atoms with E-state index in [1.165, 1.54) is 4.88 Å². The fraction of sp³-hybridized carbons (Fsp3) is 0.400. The first-order chi connectivity index (χ1) is 9.15. The first kappa shape index (κ1) is 14.0. The minimum Gasteiger partial charge on any atom is -0.497 e. The molecule has 1 aromatic carbocycles.